The number of hydrogen-bond donors (Lipinski definition) is 2. The molecule has 3 nitrogen and oxygen atoms in total. The molecule has 0 unspecified atom stereocenters. The number of nitrogen functional groups attached to an aromatic ring is 1. The molecule has 60 valence electrons. The van der Waals surface area contributed by atoms with Crippen LogP contribution in [0.4, 0.5) is 5.82 Å². The van der Waals surface area contributed by atoms with Crippen LogP contribution in [0.1, 0.15) is 11.1 Å². The topological polar surface area (TPSA) is 57.0 Å². The van der Waals surface area contributed by atoms with E-state index in [0.717, 1.165) is 16.9 Å². The summed E-state index contributed by atoms with van der Waals surface area (Å²) in [6.07, 6.45) is 5.29. The first kappa shape index (κ1) is 7.72. The van der Waals surface area contributed by atoms with Crippen molar-refractivity contribution in [2.45, 2.75) is 6.92 Å². The van der Waals surface area contributed by atoms with E-state index in [-0.39, 0.29) is 0 Å². The van der Waals surface area contributed by atoms with Crippen molar-refractivity contribution >= 4 is 11.9 Å². The minimum absolute atomic E-state index is 0.754. The molecule has 0 amide bonds. The van der Waals surface area contributed by atoms with Crippen LogP contribution < -0.4 is 11.5 Å². The number of aryl methyl sites for hydroxylation is 2. The molecule has 1 aromatic rings. The van der Waals surface area contributed by atoms with Gasteiger partial charge in [-0.25, -0.2) is 0 Å². The van der Waals surface area contributed by atoms with Gasteiger partial charge in [0.15, 0.2) is 0 Å². The number of nitrogens with two attached hydrogens (primary N) is 2. The molecule has 0 aliphatic carbocycles. The lowest BCUT2D eigenvalue weighted by molar-refractivity contribution is 0.937. The summed E-state index contributed by atoms with van der Waals surface area (Å²) < 4.78 is 1.88. The highest BCUT2D eigenvalue weighted by molar-refractivity contribution is 5.65. The van der Waals surface area contributed by atoms with Crippen LogP contribution in [-0.2, 0) is 7.05 Å². The van der Waals surface area contributed by atoms with Crippen molar-refractivity contribution < 1.29 is 0 Å². The average molecular weight is 151 g/mol. The molecular weight excluding hydrogens is 138 g/mol. The summed E-state index contributed by atoms with van der Waals surface area (Å²) in [7, 11) is 1.91. The van der Waals surface area contributed by atoms with Crippen molar-refractivity contribution in [2.75, 3.05) is 5.73 Å². The summed E-state index contributed by atoms with van der Waals surface area (Å²) in [6, 6.07) is 0. The molecule has 0 atom stereocenters. The Kier molecular flexibility index (Phi) is 1.89. The largest absolute Gasteiger partial charge is 0.405 e. The number of anilines is 1. The Morgan fingerprint density at radius 1 is 1.55 bits per heavy atom. The van der Waals surface area contributed by atoms with Gasteiger partial charge < -0.3 is 16.0 Å². The van der Waals surface area contributed by atoms with Gasteiger partial charge in [0.25, 0.3) is 0 Å². The van der Waals surface area contributed by atoms with Gasteiger partial charge in [-0.2, -0.15) is 0 Å². The minimum atomic E-state index is 0.754. The van der Waals surface area contributed by atoms with Crippen molar-refractivity contribution in [1.82, 2.24) is 4.57 Å². The second kappa shape index (κ2) is 2.70. The molecule has 0 aliphatic rings. The third kappa shape index (κ3) is 1.22. The molecule has 1 rings (SSSR count). The predicted molar refractivity (Wildman–Crippen MR) is 47.8 cm³/mol. The fraction of sp³-hybridized carbons (Fsp3) is 0.250. The van der Waals surface area contributed by atoms with Gasteiger partial charge in [0, 0.05) is 18.8 Å². The van der Waals surface area contributed by atoms with E-state index in [1.54, 1.807) is 0 Å². The molecule has 3 heteroatoms. The van der Waals surface area contributed by atoms with E-state index >= 15 is 0 Å². The molecule has 11 heavy (non-hydrogen) atoms. The molecule has 0 fully saturated rings. The van der Waals surface area contributed by atoms with Crippen molar-refractivity contribution in [3.63, 3.8) is 0 Å². The van der Waals surface area contributed by atoms with Crippen LogP contribution in [0.15, 0.2) is 12.4 Å². The van der Waals surface area contributed by atoms with E-state index in [4.69, 9.17) is 11.5 Å². The molecule has 0 saturated carbocycles. The first-order valence-corrected chi connectivity index (χ1v) is 3.46. The van der Waals surface area contributed by atoms with Crippen LogP contribution in [0.5, 0.6) is 0 Å². The third-order valence-corrected chi connectivity index (χ3v) is 1.73. The highest BCUT2D eigenvalue weighted by Gasteiger charge is 2.03. The summed E-state index contributed by atoms with van der Waals surface area (Å²) in [5.41, 5.74) is 13.2. The Morgan fingerprint density at radius 2 is 2.18 bits per heavy atom. The molecular formula is C8H13N3. The summed E-state index contributed by atoms with van der Waals surface area (Å²) in [5.74, 6) is 0.754. The van der Waals surface area contributed by atoms with E-state index in [1.165, 1.54) is 6.20 Å². The Labute approximate surface area is 66.3 Å². The second-order valence-electron chi connectivity index (χ2n) is 2.58. The molecule has 0 radical (unpaired) electrons. The Bertz CT molecular complexity index is 284. The molecule has 1 aromatic heterocycles. The molecule has 0 bridgehead atoms. The fourth-order valence-electron chi connectivity index (χ4n) is 1.13. The van der Waals surface area contributed by atoms with Crippen molar-refractivity contribution in [3.05, 3.63) is 23.5 Å². The van der Waals surface area contributed by atoms with Crippen LogP contribution in [0.2, 0.25) is 0 Å². The maximum absolute atomic E-state index is 5.75. The zero-order valence-electron chi connectivity index (χ0n) is 6.83. The zero-order valence-corrected chi connectivity index (χ0v) is 6.83. The second-order valence-corrected chi connectivity index (χ2v) is 2.58. The van der Waals surface area contributed by atoms with Crippen LogP contribution in [0.3, 0.4) is 0 Å². The Hall–Kier alpha value is -1.38. The summed E-state index contributed by atoms with van der Waals surface area (Å²) in [6.45, 7) is 2.01. The van der Waals surface area contributed by atoms with Crippen molar-refractivity contribution in [1.29, 1.82) is 0 Å². The number of rotatable bonds is 1. The Morgan fingerprint density at radius 3 is 2.55 bits per heavy atom. The predicted octanol–water partition coefficient (Wildman–Crippen LogP) is 0.845. The van der Waals surface area contributed by atoms with Gasteiger partial charge >= 0.3 is 0 Å². The van der Waals surface area contributed by atoms with Gasteiger partial charge in [-0.1, -0.05) is 0 Å². The van der Waals surface area contributed by atoms with Gasteiger partial charge in [0.2, 0.25) is 0 Å². The lowest BCUT2D eigenvalue weighted by Gasteiger charge is -1.95. The normalized spacial score (nSPS) is 11.1. The SMILES string of the molecule is Cc1cn(C)c(N)c1/C=C\N. The third-order valence-electron chi connectivity index (χ3n) is 1.73. The summed E-state index contributed by atoms with van der Waals surface area (Å²) in [5, 5.41) is 0. The van der Waals surface area contributed by atoms with Gasteiger partial charge in [-0.05, 0) is 24.8 Å². The molecule has 0 spiro atoms. The maximum Gasteiger partial charge on any atom is 0.110 e. The van der Waals surface area contributed by atoms with Crippen LogP contribution in [-0.4, -0.2) is 4.57 Å². The maximum atomic E-state index is 5.75. The lowest BCUT2D eigenvalue weighted by atomic mass is 10.2. The van der Waals surface area contributed by atoms with Crippen LogP contribution in [0, 0.1) is 6.92 Å². The highest BCUT2D eigenvalue weighted by atomic mass is 15.0. The fourth-order valence-corrected chi connectivity index (χ4v) is 1.13. The van der Waals surface area contributed by atoms with E-state index in [1.807, 2.05) is 30.8 Å². The van der Waals surface area contributed by atoms with Crippen LogP contribution in [0.25, 0.3) is 6.08 Å². The zero-order chi connectivity index (χ0) is 8.43. The van der Waals surface area contributed by atoms with Gasteiger partial charge in [0.1, 0.15) is 5.82 Å². The van der Waals surface area contributed by atoms with Crippen LogP contribution >= 0.6 is 0 Å². The first-order valence-electron chi connectivity index (χ1n) is 3.46. The molecule has 1 heterocycles. The van der Waals surface area contributed by atoms with Gasteiger partial charge in [0.05, 0.1) is 0 Å². The van der Waals surface area contributed by atoms with E-state index < -0.39 is 0 Å². The Balaban J connectivity index is 3.22. The number of aromatic nitrogens is 1. The van der Waals surface area contributed by atoms with E-state index in [0.29, 0.717) is 0 Å². The van der Waals surface area contributed by atoms with Gasteiger partial charge in [-0.15, -0.1) is 0 Å². The van der Waals surface area contributed by atoms with E-state index in [2.05, 4.69) is 0 Å². The van der Waals surface area contributed by atoms with Crippen molar-refractivity contribution in [2.24, 2.45) is 12.8 Å². The molecule has 4 N–H and O–H groups in total. The minimum Gasteiger partial charge on any atom is -0.405 e. The first-order chi connectivity index (χ1) is 5.16. The molecule has 0 aliphatic heterocycles. The average Bonchev–Trinajstić information content (AvgIpc) is 2.17. The van der Waals surface area contributed by atoms with Crippen molar-refractivity contribution in [3.8, 4) is 0 Å². The standard InChI is InChI=1S/C8H13N3/c1-6-5-11(2)8(10)7(6)3-4-9/h3-5H,9-10H2,1-2H3/b4-3-. The molecule has 0 aromatic carbocycles. The summed E-state index contributed by atoms with van der Waals surface area (Å²) in [4.78, 5) is 0. The highest BCUT2D eigenvalue weighted by Crippen LogP contribution is 2.18. The van der Waals surface area contributed by atoms with E-state index in [9.17, 15) is 0 Å². The van der Waals surface area contributed by atoms with Gasteiger partial charge in [-0.3, -0.25) is 0 Å². The monoisotopic (exact) mass is 151 g/mol. The smallest absolute Gasteiger partial charge is 0.110 e. The number of hydrogen-bond acceptors (Lipinski definition) is 2. The number of nitrogens with zero attached hydrogens (tertiary/aromatic N) is 1. The quantitative estimate of drug-likeness (QED) is 0.625. The summed E-state index contributed by atoms with van der Waals surface area (Å²) >= 11 is 0. The molecule has 0 saturated heterocycles. The lowest BCUT2D eigenvalue weighted by Crippen LogP contribution is -1.95.